The van der Waals surface area contributed by atoms with E-state index in [-0.39, 0.29) is 11.7 Å². The van der Waals surface area contributed by atoms with Gasteiger partial charge >= 0.3 is 5.97 Å². The Balaban J connectivity index is 1.76. The lowest BCUT2D eigenvalue weighted by Crippen LogP contribution is -2.28. The van der Waals surface area contributed by atoms with Crippen molar-refractivity contribution in [3.63, 3.8) is 0 Å². The molecule has 0 aromatic carbocycles. The van der Waals surface area contributed by atoms with E-state index in [0.29, 0.717) is 11.8 Å². The summed E-state index contributed by atoms with van der Waals surface area (Å²) in [6.45, 7) is 0. The number of ketones is 1. The van der Waals surface area contributed by atoms with E-state index in [1.54, 1.807) is 0 Å². The van der Waals surface area contributed by atoms with Gasteiger partial charge < -0.3 is 4.74 Å². The van der Waals surface area contributed by atoms with Crippen LogP contribution in [0.15, 0.2) is 0 Å². The molecule has 5 unspecified atom stereocenters. The van der Waals surface area contributed by atoms with E-state index in [0.717, 1.165) is 24.7 Å². The molecule has 0 heterocycles. The molecule has 0 spiro atoms. The van der Waals surface area contributed by atoms with Crippen molar-refractivity contribution in [1.82, 2.24) is 0 Å². The van der Waals surface area contributed by atoms with Crippen LogP contribution in [-0.2, 0) is 14.3 Å². The molecule has 94 valence electrons. The molecule has 3 saturated carbocycles. The van der Waals surface area contributed by atoms with Crippen LogP contribution in [0.3, 0.4) is 0 Å². The Hall–Kier alpha value is -0.860. The molecule has 17 heavy (non-hydrogen) atoms. The lowest BCUT2D eigenvalue weighted by Gasteiger charge is -2.27. The van der Waals surface area contributed by atoms with Crippen LogP contribution in [0.25, 0.3) is 0 Å². The predicted molar refractivity (Wildman–Crippen MR) is 62.2 cm³/mol. The number of carbonyl (C=O) groups excluding carboxylic acids is 2. The molecular formula is C14H20O3. The molecule has 3 fully saturated rings. The zero-order chi connectivity index (χ0) is 12.0. The van der Waals surface area contributed by atoms with Crippen molar-refractivity contribution < 1.29 is 14.3 Å². The molecule has 3 aliphatic carbocycles. The summed E-state index contributed by atoms with van der Waals surface area (Å²) in [5, 5.41) is 0. The van der Waals surface area contributed by atoms with Gasteiger partial charge in [0.05, 0.1) is 7.11 Å². The van der Waals surface area contributed by atoms with Crippen molar-refractivity contribution in [2.45, 2.75) is 38.5 Å². The van der Waals surface area contributed by atoms with E-state index in [1.807, 2.05) is 0 Å². The Morgan fingerprint density at radius 3 is 2.12 bits per heavy atom. The summed E-state index contributed by atoms with van der Waals surface area (Å²) < 4.78 is 4.58. The molecule has 5 atom stereocenters. The first-order valence-electron chi connectivity index (χ1n) is 6.79. The molecule has 0 amide bonds. The standard InChI is InChI=1S/C14H20O3/c1-17-14(16)13(15)12-6-9-2-8-3-10(4-9)11(5-8)7-12/h8-12H,2-7H2,1H3. The van der Waals surface area contributed by atoms with Crippen molar-refractivity contribution in [2.24, 2.45) is 29.6 Å². The van der Waals surface area contributed by atoms with Crippen molar-refractivity contribution in [1.29, 1.82) is 0 Å². The molecule has 3 heteroatoms. The Bertz CT molecular complexity index is 347. The second kappa shape index (κ2) is 4.11. The fraction of sp³-hybridized carbons (Fsp3) is 0.857. The molecule has 3 nitrogen and oxygen atoms in total. The van der Waals surface area contributed by atoms with Gasteiger partial charge in [-0.2, -0.15) is 0 Å². The maximum atomic E-state index is 12.0. The number of methoxy groups -OCH3 is 1. The van der Waals surface area contributed by atoms with Crippen molar-refractivity contribution in [3.8, 4) is 0 Å². The average Bonchev–Trinajstić information content (AvgIpc) is 2.53. The van der Waals surface area contributed by atoms with Gasteiger partial charge in [0.25, 0.3) is 0 Å². The van der Waals surface area contributed by atoms with Gasteiger partial charge in [-0.3, -0.25) is 4.79 Å². The Labute approximate surface area is 102 Å². The summed E-state index contributed by atoms with van der Waals surface area (Å²) in [4.78, 5) is 23.3. The number of esters is 1. The molecule has 0 aromatic rings. The SMILES string of the molecule is COC(=O)C(=O)C1CC2CC3CC(C2)C(C3)C1. The minimum absolute atomic E-state index is 0.0542. The van der Waals surface area contributed by atoms with Crippen LogP contribution in [0.2, 0.25) is 0 Å². The lowest BCUT2D eigenvalue weighted by atomic mass is 9.78. The second-order valence-corrected chi connectivity index (χ2v) is 6.22. The van der Waals surface area contributed by atoms with E-state index in [1.165, 1.54) is 32.8 Å². The molecule has 0 saturated heterocycles. The van der Waals surface area contributed by atoms with E-state index in [4.69, 9.17) is 0 Å². The van der Waals surface area contributed by atoms with E-state index in [2.05, 4.69) is 4.74 Å². The molecule has 0 aromatic heterocycles. The molecule has 0 aliphatic heterocycles. The van der Waals surface area contributed by atoms with Crippen molar-refractivity contribution >= 4 is 11.8 Å². The number of hydrogen-bond donors (Lipinski definition) is 0. The van der Waals surface area contributed by atoms with Gasteiger partial charge in [0.15, 0.2) is 0 Å². The fourth-order valence-electron chi connectivity index (χ4n) is 4.64. The van der Waals surface area contributed by atoms with E-state index < -0.39 is 5.97 Å². The third-order valence-corrected chi connectivity index (χ3v) is 5.20. The third-order valence-electron chi connectivity index (χ3n) is 5.20. The van der Waals surface area contributed by atoms with Gasteiger partial charge in [-0.15, -0.1) is 0 Å². The van der Waals surface area contributed by atoms with Crippen LogP contribution in [0.1, 0.15) is 38.5 Å². The number of fused-ring (bicyclic) bond motifs is 2. The number of hydrogen-bond acceptors (Lipinski definition) is 3. The van der Waals surface area contributed by atoms with Crippen molar-refractivity contribution in [3.05, 3.63) is 0 Å². The zero-order valence-electron chi connectivity index (χ0n) is 10.4. The molecule has 3 rings (SSSR count). The highest BCUT2D eigenvalue weighted by Gasteiger charge is 2.46. The van der Waals surface area contributed by atoms with Crippen LogP contribution in [0, 0.1) is 29.6 Å². The first-order valence-corrected chi connectivity index (χ1v) is 6.79. The summed E-state index contributed by atoms with van der Waals surface area (Å²) in [5.74, 6) is 2.18. The smallest absolute Gasteiger partial charge is 0.374 e. The summed E-state index contributed by atoms with van der Waals surface area (Å²) in [5.41, 5.74) is 0. The highest BCUT2D eigenvalue weighted by Crippen LogP contribution is 2.54. The van der Waals surface area contributed by atoms with Crippen molar-refractivity contribution in [2.75, 3.05) is 7.11 Å². The van der Waals surface area contributed by atoms with Gasteiger partial charge in [-0.05, 0) is 62.2 Å². The highest BCUT2D eigenvalue weighted by molar-refractivity contribution is 6.34. The number of rotatable bonds is 2. The lowest BCUT2D eigenvalue weighted by molar-refractivity contribution is -0.154. The summed E-state index contributed by atoms with van der Waals surface area (Å²) in [6, 6.07) is 0. The quantitative estimate of drug-likeness (QED) is 0.545. The monoisotopic (exact) mass is 236 g/mol. The predicted octanol–water partition coefficient (Wildman–Crippen LogP) is 2.19. The number of Topliss-reactive ketones (excluding diaryl/α,β-unsaturated/α-hetero) is 1. The maximum absolute atomic E-state index is 12.0. The zero-order valence-corrected chi connectivity index (χ0v) is 10.4. The minimum Gasteiger partial charge on any atom is -0.463 e. The van der Waals surface area contributed by atoms with Gasteiger partial charge in [0.2, 0.25) is 5.78 Å². The third kappa shape index (κ3) is 1.90. The number of ether oxygens (including phenoxy) is 1. The van der Waals surface area contributed by atoms with Gasteiger partial charge in [-0.25, -0.2) is 4.79 Å². The fourth-order valence-corrected chi connectivity index (χ4v) is 4.64. The van der Waals surface area contributed by atoms with Crippen LogP contribution < -0.4 is 0 Å². The summed E-state index contributed by atoms with van der Waals surface area (Å²) in [7, 11) is 1.30. The summed E-state index contributed by atoms with van der Waals surface area (Å²) >= 11 is 0. The average molecular weight is 236 g/mol. The maximum Gasteiger partial charge on any atom is 0.374 e. The van der Waals surface area contributed by atoms with Gasteiger partial charge in [-0.1, -0.05) is 0 Å². The molecular weight excluding hydrogens is 216 g/mol. The van der Waals surface area contributed by atoms with Gasteiger partial charge in [0.1, 0.15) is 0 Å². The Morgan fingerprint density at radius 2 is 1.47 bits per heavy atom. The van der Waals surface area contributed by atoms with Gasteiger partial charge in [0, 0.05) is 5.92 Å². The molecule has 0 N–H and O–H groups in total. The summed E-state index contributed by atoms with van der Waals surface area (Å²) in [6.07, 6.45) is 7.12. The first-order chi connectivity index (χ1) is 8.17. The van der Waals surface area contributed by atoms with Crippen LogP contribution in [0.5, 0.6) is 0 Å². The van der Waals surface area contributed by atoms with E-state index in [9.17, 15) is 9.59 Å². The first kappa shape index (κ1) is 11.2. The van der Waals surface area contributed by atoms with Crippen LogP contribution in [0.4, 0.5) is 0 Å². The largest absolute Gasteiger partial charge is 0.463 e. The second-order valence-electron chi connectivity index (χ2n) is 6.22. The van der Waals surface area contributed by atoms with Crippen LogP contribution >= 0.6 is 0 Å². The normalized spacial score (nSPS) is 43.2. The molecule has 0 radical (unpaired) electrons. The topological polar surface area (TPSA) is 43.4 Å². The van der Waals surface area contributed by atoms with Crippen LogP contribution in [-0.4, -0.2) is 18.9 Å². The highest BCUT2D eigenvalue weighted by atomic mass is 16.5. The minimum atomic E-state index is -0.637. The number of carbonyl (C=O) groups is 2. The Morgan fingerprint density at radius 1 is 0.882 bits per heavy atom. The molecule has 3 aliphatic rings. The molecule has 3 bridgehead atoms. The Kier molecular flexibility index (Phi) is 2.72. The van der Waals surface area contributed by atoms with E-state index >= 15 is 0 Å².